The summed E-state index contributed by atoms with van der Waals surface area (Å²) in [4.78, 5) is 30.2. The molecule has 1 saturated heterocycles. The predicted molar refractivity (Wildman–Crippen MR) is 107 cm³/mol. The summed E-state index contributed by atoms with van der Waals surface area (Å²) in [5.74, 6) is 1.61. The highest BCUT2D eigenvalue weighted by molar-refractivity contribution is 7.18. The first-order chi connectivity index (χ1) is 13.1. The first kappa shape index (κ1) is 17.4. The SMILES string of the molecule is Cc1ccnc(Nc2cccc(-c3cnc(N4CCN(C)C(=O)C4)s3)n2)c1. The number of hydrogen-bond acceptors (Lipinski definition) is 7. The number of carbonyl (C=O) groups is 1. The highest BCUT2D eigenvalue weighted by atomic mass is 32.1. The number of amides is 1. The number of pyridine rings is 2. The van der Waals surface area contributed by atoms with Crippen molar-refractivity contribution >= 4 is 34.0 Å². The third kappa shape index (κ3) is 3.90. The highest BCUT2D eigenvalue weighted by Gasteiger charge is 2.23. The number of nitrogens with zero attached hydrogens (tertiary/aromatic N) is 5. The van der Waals surface area contributed by atoms with Crippen LogP contribution in [0.25, 0.3) is 10.6 Å². The van der Waals surface area contributed by atoms with Gasteiger partial charge in [-0.05, 0) is 36.8 Å². The largest absolute Gasteiger partial charge is 0.342 e. The van der Waals surface area contributed by atoms with Crippen LogP contribution in [0.4, 0.5) is 16.8 Å². The summed E-state index contributed by atoms with van der Waals surface area (Å²) >= 11 is 1.55. The molecule has 1 aliphatic heterocycles. The Balaban J connectivity index is 1.52. The number of carbonyl (C=O) groups excluding carboxylic acids is 1. The van der Waals surface area contributed by atoms with Crippen LogP contribution < -0.4 is 10.2 Å². The molecular weight excluding hydrogens is 360 g/mol. The monoisotopic (exact) mass is 380 g/mol. The van der Waals surface area contributed by atoms with E-state index in [9.17, 15) is 4.79 Å². The summed E-state index contributed by atoms with van der Waals surface area (Å²) in [6.45, 7) is 3.91. The minimum Gasteiger partial charge on any atom is -0.342 e. The van der Waals surface area contributed by atoms with E-state index in [1.54, 1.807) is 22.4 Å². The number of aromatic nitrogens is 3. The first-order valence-corrected chi connectivity index (χ1v) is 9.52. The maximum absolute atomic E-state index is 11.9. The predicted octanol–water partition coefficient (Wildman–Crippen LogP) is 2.93. The lowest BCUT2D eigenvalue weighted by atomic mass is 10.3. The molecule has 0 aromatic carbocycles. The molecule has 8 heteroatoms. The van der Waals surface area contributed by atoms with E-state index in [0.29, 0.717) is 6.54 Å². The smallest absolute Gasteiger partial charge is 0.241 e. The molecule has 4 rings (SSSR count). The van der Waals surface area contributed by atoms with Crippen molar-refractivity contribution in [3.63, 3.8) is 0 Å². The fourth-order valence-electron chi connectivity index (χ4n) is 2.83. The standard InChI is InChI=1S/C19H20N6OS/c1-13-6-7-20-17(10-13)23-16-5-3-4-14(22-16)15-11-21-19(27-15)25-9-8-24(2)18(26)12-25/h3-7,10-11H,8-9,12H2,1-2H3,(H,20,22,23). The molecule has 0 aliphatic carbocycles. The minimum absolute atomic E-state index is 0.118. The van der Waals surface area contributed by atoms with Crippen molar-refractivity contribution in [3.05, 3.63) is 48.3 Å². The first-order valence-electron chi connectivity index (χ1n) is 8.70. The van der Waals surface area contributed by atoms with Crippen LogP contribution in [0.3, 0.4) is 0 Å². The van der Waals surface area contributed by atoms with Gasteiger partial charge in [-0.2, -0.15) is 0 Å². The number of aryl methyl sites for hydroxylation is 1. The lowest BCUT2D eigenvalue weighted by Crippen LogP contribution is -2.48. The zero-order chi connectivity index (χ0) is 18.8. The Labute approximate surface area is 161 Å². The number of rotatable bonds is 4. The van der Waals surface area contributed by atoms with E-state index in [1.807, 2.05) is 55.4 Å². The Hall–Kier alpha value is -3.00. The van der Waals surface area contributed by atoms with E-state index in [4.69, 9.17) is 0 Å². The van der Waals surface area contributed by atoms with E-state index < -0.39 is 0 Å². The fraction of sp³-hybridized carbons (Fsp3) is 0.263. The molecule has 0 atom stereocenters. The Bertz CT molecular complexity index is 972. The average Bonchev–Trinajstić information content (AvgIpc) is 3.14. The van der Waals surface area contributed by atoms with Gasteiger partial charge in [0.1, 0.15) is 11.6 Å². The van der Waals surface area contributed by atoms with E-state index >= 15 is 0 Å². The second-order valence-corrected chi connectivity index (χ2v) is 7.50. The summed E-state index contributed by atoms with van der Waals surface area (Å²) in [5, 5.41) is 4.09. The minimum atomic E-state index is 0.118. The van der Waals surface area contributed by atoms with Gasteiger partial charge >= 0.3 is 0 Å². The van der Waals surface area contributed by atoms with E-state index in [0.717, 1.165) is 46.0 Å². The van der Waals surface area contributed by atoms with Gasteiger partial charge in [-0.25, -0.2) is 15.0 Å². The van der Waals surface area contributed by atoms with Gasteiger partial charge < -0.3 is 15.1 Å². The van der Waals surface area contributed by atoms with Gasteiger partial charge in [-0.1, -0.05) is 17.4 Å². The molecule has 0 spiro atoms. The normalized spacial score (nSPS) is 14.5. The summed E-state index contributed by atoms with van der Waals surface area (Å²) in [6, 6.07) is 9.76. The number of anilines is 3. The molecule has 1 fully saturated rings. The molecule has 1 aliphatic rings. The molecular formula is C19H20N6OS. The molecule has 0 radical (unpaired) electrons. The second-order valence-electron chi connectivity index (χ2n) is 6.50. The van der Waals surface area contributed by atoms with Gasteiger partial charge in [0.05, 0.1) is 17.1 Å². The van der Waals surface area contributed by atoms with Crippen LogP contribution in [0.2, 0.25) is 0 Å². The number of piperazine rings is 1. The van der Waals surface area contributed by atoms with Crippen LogP contribution in [0.5, 0.6) is 0 Å². The Morgan fingerprint density at radius 2 is 2.04 bits per heavy atom. The second kappa shape index (κ2) is 7.32. The van der Waals surface area contributed by atoms with Crippen molar-refractivity contribution in [2.45, 2.75) is 6.92 Å². The van der Waals surface area contributed by atoms with Gasteiger partial charge in [0, 0.05) is 32.5 Å². The molecule has 3 aromatic rings. The van der Waals surface area contributed by atoms with Crippen LogP contribution in [0.15, 0.2) is 42.7 Å². The summed E-state index contributed by atoms with van der Waals surface area (Å²) in [6.07, 6.45) is 3.59. The van der Waals surface area contributed by atoms with E-state index in [1.165, 1.54) is 0 Å². The quantitative estimate of drug-likeness (QED) is 0.750. The zero-order valence-electron chi connectivity index (χ0n) is 15.2. The van der Waals surface area contributed by atoms with Crippen molar-refractivity contribution in [1.29, 1.82) is 0 Å². The van der Waals surface area contributed by atoms with Crippen LogP contribution in [0.1, 0.15) is 5.56 Å². The van der Waals surface area contributed by atoms with Crippen molar-refractivity contribution in [2.24, 2.45) is 0 Å². The van der Waals surface area contributed by atoms with Crippen molar-refractivity contribution in [2.75, 3.05) is 36.9 Å². The fourth-order valence-corrected chi connectivity index (χ4v) is 3.74. The van der Waals surface area contributed by atoms with Crippen LogP contribution in [0, 0.1) is 6.92 Å². The van der Waals surface area contributed by atoms with E-state index in [2.05, 4.69) is 20.3 Å². The molecule has 7 nitrogen and oxygen atoms in total. The van der Waals surface area contributed by atoms with Gasteiger partial charge in [-0.15, -0.1) is 0 Å². The van der Waals surface area contributed by atoms with Crippen LogP contribution >= 0.6 is 11.3 Å². The van der Waals surface area contributed by atoms with Gasteiger partial charge in [0.15, 0.2) is 5.13 Å². The Kier molecular flexibility index (Phi) is 4.72. The molecule has 3 aromatic heterocycles. The molecule has 0 unspecified atom stereocenters. The molecule has 0 saturated carbocycles. The molecule has 1 N–H and O–H groups in total. The molecule has 27 heavy (non-hydrogen) atoms. The third-order valence-corrected chi connectivity index (χ3v) is 5.47. The van der Waals surface area contributed by atoms with Crippen LogP contribution in [-0.2, 0) is 4.79 Å². The van der Waals surface area contributed by atoms with Gasteiger partial charge in [0.2, 0.25) is 5.91 Å². The van der Waals surface area contributed by atoms with Gasteiger partial charge in [-0.3, -0.25) is 4.79 Å². The van der Waals surface area contributed by atoms with Gasteiger partial charge in [0.25, 0.3) is 0 Å². The third-order valence-electron chi connectivity index (χ3n) is 4.39. The summed E-state index contributed by atoms with van der Waals surface area (Å²) in [7, 11) is 1.83. The zero-order valence-corrected chi connectivity index (χ0v) is 16.0. The van der Waals surface area contributed by atoms with Crippen molar-refractivity contribution < 1.29 is 4.79 Å². The summed E-state index contributed by atoms with van der Waals surface area (Å²) in [5.41, 5.74) is 1.98. The lowest BCUT2D eigenvalue weighted by molar-refractivity contribution is -0.129. The average molecular weight is 380 g/mol. The molecule has 138 valence electrons. The molecule has 4 heterocycles. The molecule has 0 bridgehead atoms. The maximum Gasteiger partial charge on any atom is 0.241 e. The number of thiazole rings is 1. The Morgan fingerprint density at radius 3 is 2.85 bits per heavy atom. The molecule has 1 amide bonds. The number of likely N-dealkylation sites (N-methyl/N-ethyl adjacent to an activating group) is 1. The highest BCUT2D eigenvalue weighted by Crippen LogP contribution is 2.31. The van der Waals surface area contributed by atoms with Crippen LogP contribution in [-0.4, -0.2) is 52.4 Å². The summed E-state index contributed by atoms with van der Waals surface area (Å²) < 4.78 is 0. The maximum atomic E-state index is 11.9. The van der Waals surface area contributed by atoms with Crippen molar-refractivity contribution in [1.82, 2.24) is 19.9 Å². The van der Waals surface area contributed by atoms with Crippen molar-refractivity contribution in [3.8, 4) is 10.6 Å². The Morgan fingerprint density at radius 1 is 1.15 bits per heavy atom. The topological polar surface area (TPSA) is 74.2 Å². The number of nitrogens with one attached hydrogen (secondary N) is 1. The number of hydrogen-bond donors (Lipinski definition) is 1. The lowest BCUT2D eigenvalue weighted by Gasteiger charge is -2.31. The van der Waals surface area contributed by atoms with E-state index in [-0.39, 0.29) is 5.91 Å².